The summed E-state index contributed by atoms with van der Waals surface area (Å²) in [5, 5.41) is 5.81. The van der Waals surface area contributed by atoms with E-state index >= 15 is 0 Å². The third-order valence-electron chi connectivity index (χ3n) is 4.33. The number of aryl methyl sites for hydroxylation is 2. The van der Waals surface area contributed by atoms with Crippen LogP contribution in [-0.2, 0) is 14.3 Å². The second-order valence-corrected chi connectivity index (χ2v) is 6.66. The predicted molar refractivity (Wildman–Crippen MR) is 98.6 cm³/mol. The highest BCUT2D eigenvalue weighted by molar-refractivity contribution is 5.93. The Morgan fingerprint density at radius 2 is 2.00 bits per heavy atom. The van der Waals surface area contributed by atoms with Gasteiger partial charge in [-0.05, 0) is 43.9 Å². The Hall–Kier alpha value is -1.92. The van der Waals surface area contributed by atoms with Crippen molar-refractivity contribution in [3.8, 4) is 0 Å². The molecule has 25 heavy (non-hydrogen) atoms. The summed E-state index contributed by atoms with van der Waals surface area (Å²) < 4.78 is 4.92. The molecule has 0 bridgehead atoms. The Morgan fingerprint density at radius 3 is 2.68 bits per heavy atom. The molecule has 0 aromatic heterocycles. The number of carbonyl (C=O) groups is 2. The fraction of sp³-hybridized carbons (Fsp3) is 0.579. The lowest BCUT2D eigenvalue weighted by molar-refractivity contribution is -0.122. The molecule has 1 aromatic rings. The molecule has 0 saturated heterocycles. The highest BCUT2D eigenvalue weighted by atomic mass is 16.5. The zero-order chi connectivity index (χ0) is 18.2. The molecule has 0 aliphatic heterocycles. The highest BCUT2D eigenvalue weighted by Gasteiger charge is 2.30. The van der Waals surface area contributed by atoms with Crippen LogP contribution in [0.1, 0.15) is 30.4 Å². The van der Waals surface area contributed by atoms with Crippen molar-refractivity contribution < 1.29 is 14.3 Å². The maximum absolute atomic E-state index is 12.4. The summed E-state index contributed by atoms with van der Waals surface area (Å²) in [4.78, 5) is 26.3. The number of hydrogen-bond acceptors (Lipinski definition) is 4. The van der Waals surface area contributed by atoms with E-state index in [2.05, 4.69) is 15.5 Å². The lowest BCUT2D eigenvalue weighted by atomic mass is 10.1. The van der Waals surface area contributed by atoms with E-state index in [1.54, 1.807) is 7.11 Å². The maximum atomic E-state index is 12.4. The summed E-state index contributed by atoms with van der Waals surface area (Å²) in [7, 11) is 1.61. The first-order chi connectivity index (χ1) is 12.0. The fourth-order valence-corrected chi connectivity index (χ4v) is 2.70. The normalized spacial score (nSPS) is 13.8. The number of hydrogen-bond donors (Lipinski definition) is 2. The van der Waals surface area contributed by atoms with E-state index in [1.807, 2.05) is 32.0 Å². The molecule has 1 aliphatic rings. The Morgan fingerprint density at radius 1 is 1.24 bits per heavy atom. The van der Waals surface area contributed by atoms with E-state index in [9.17, 15) is 9.59 Å². The predicted octanol–water partition coefficient (Wildman–Crippen LogP) is 1.86. The third kappa shape index (κ3) is 6.84. The quantitative estimate of drug-likeness (QED) is 0.634. The average molecular weight is 347 g/mol. The van der Waals surface area contributed by atoms with Crippen LogP contribution in [-0.4, -0.2) is 56.1 Å². The van der Waals surface area contributed by atoms with Crippen LogP contribution in [0.15, 0.2) is 18.2 Å². The molecule has 1 saturated carbocycles. The van der Waals surface area contributed by atoms with Crippen molar-refractivity contribution in [3.05, 3.63) is 29.3 Å². The van der Waals surface area contributed by atoms with Crippen molar-refractivity contribution in [2.75, 3.05) is 38.7 Å². The van der Waals surface area contributed by atoms with Gasteiger partial charge in [0, 0.05) is 38.3 Å². The number of anilines is 1. The van der Waals surface area contributed by atoms with Gasteiger partial charge in [0.25, 0.3) is 0 Å². The van der Waals surface area contributed by atoms with Crippen LogP contribution in [0.25, 0.3) is 0 Å². The van der Waals surface area contributed by atoms with E-state index in [0.29, 0.717) is 38.7 Å². The minimum atomic E-state index is -0.0274. The average Bonchev–Trinajstić information content (AvgIpc) is 3.40. The van der Waals surface area contributed by atoms with Crippen LogP contribution < -0.4 is 10.6 Å². The van der Waals surface area contributed by atoms with Crippen molar-refractivity contribution in [1.82, 2.24) is 10.2 Å². The van der Waals surface area contributed by atoms with Gasteiger partial charge in [0.15, 0.2) is 0 Å². The van der Waals surface area contributed by atoms with Gasteiger partial charge < -0.3 is 15.4 Å². The monoisotopic (exact) mass is 347 g/mol. The van der Waals surface area contributed by atoms with Gasteiger partial charge in [0.1, 0.15) is 0 Å². The number of nitrogens with zero attached hydrogens (tertiary/aromatic N) is 1. The minimum Gasteiger partial charge on any atom is -0.383 e. The molecule has 2 N–H and O–H groups in total. The number of amides is 2. The molecule has 1 aliphatic carbocycles. The zero-order valence-corrected chi connectivity index (χ0v) is 15.4. The number of nitrogens with one attached hydrogen (secondary N) is 2. The van der Waals surface area contributed by atoms with Crippen LogP contribution >= 0.6 is 0 Å². The van der Waals surface area contributed by atoms with Crippen molar-refractivity contribution in [2.45, 2.75) is 39.2 Å². The van der Waals surface area contributed by atoms with Gasteiger partial charge in [-0.15, -0.1) is 0 Å². The van der Waals surface area contributed by atoms with Gasteiger partial charge >= 0.3 is 0 Å². The highest BCUT2D eigenvalue weighted by Crippen LogP contribution is 2.27. The summed E-state index contributed by atoms with van der Waals surface area (Å²) in [6.07, 6.45) is 2.60. The molecule has 6 nitrogen and oxygen atoms in total. The molecule has 138 valence electrons. The van der Waals surface area contributed by atoms with Crippen molar-refractivity contribution >= 4 is 17.5 Å². The SMILES string of the molecule is COCCNC(=O)CCN(CC(=O)Nc1cc(C)ccc1C)C1CC1. The first-order valence-electron chi connectivity index (χ1n) is 8.86. The molecule has 2 rings (SSSR count). The molecule has 1 fully saturated rings. The van der Waals surface area contributed by atoms with Gasteiger partial charge in [-0.1, -0.05) is 12.1 Å². The Kier molecular flexibility index (Phi) is 7.40. The molecular weight excluding hydrogens is 318 g/mol. The summed E-state index contributed by atoms with van der Waals surface area (Å²) in [5.74, 6) is -0.0296. The summed E-state index contributed by atoms with van der Waals surface area (Å²) >= 11 is 0. The number of rotatable bonds is 10. The van der Waals surface area contributed by atoms with Gasteiger partial charge in [-0.25, -0.2) is 0 Å². The van der Waals surface area contributed by atoms with Crippen molar-refractivity contribution in [1.29, 1.82) is 0 Å². The molecule has 1 aromatic carbocycles. The largest absolute Gasteiger partial charge is 0.383 e. The molecule has 0 radical (unpaired) electrons. The standard InChI is InChI=1S/C19H29N3O3/c1-14-4-5-15(2)17(12-14)21-19(24)13-22(16-6-7-16)10-8-18(23)20-9-11-25-3/h4-5,12,16H,6-11,13H2,1-3H3,(H,20,23)(H,21,24). The third-order valence-corrected chi connectivity index (χ3v) is 4.33. The molecule has 0 heterocycles. The zero-order valence-electron chi connectivity index (χ0n) is 15.4. The molecule has 6 heteroatoms. The van der Waals surface area contributed by atoms with E-state index in [4.69, 9.17) is 4.74 Å². The molecule has 0 atom stereocenters. The lowest BCUT2D eigenvalue weighted by Gasteiger charge is -2.21. The Bertz CT molecular complexity index is 600. The van der Waals surface area contributed by atoms with E-state index < -0.39 is 0 Å². The van der Waals surface area contributed by atoms with Crippen molar-refractivity contribution in [2.24, 2.45) is 0 Å². The van der Waals surface area contributed by atoms with Gasteiger partial charge in [-0.2, -0.15) is 0 Å². The number of methoxy groups -OCH3 is 1. The van der Waals surface area contributed by atoms with Crippen LogP contribution in [0.2, 0.25) is 0 Å². The van der Waals surface area contributed by atoms with Gasteiger partial charge in [0.05, 0.1) is 13.2 Å². The second kappa shape index (κ2) is 9.53. The van der Waals surface area contributed by atoms with Crippen LogP contribution in [0.5, 0.6) is 0 Å². The maximum Gasteiger partial charge on any atom is 0.238 e. The lowest BCUT2D eigenvalue weighted by Crippen LogP contribution is -2.38. The van der Waals surface area contributed by atoms with Crippen molar-refractivity contribution in [3.63, 3.8) is 0 Å². The van der Waals surface area contributed by atoms with E-state index in [-0.39, 0.29) is 11.8 Å². The summed E-state index contributed by atoms with van der Waals surface area (Å²) in [6, 6.07) is 6.45. The fourth-order valence-electron chi connectivity index (χ4n) is 2.70. The topological polar surface area (TPSA) is 70.7 Å². The Balaban J connectivity index is 1.81. The molecule has 2 amide bonds. The number of benzene rings is 1. The molecule has 0 spiro atoms. The number of carbonyl (C=O) groups excluding carboxylic acids is 2. The number of ether oxygens (including phenoxy) is 1. The first kappa shape index (κ1) is 19.4. The smallest absolute Gasteiger partial charge is 0.238 e. The van der Waals surface area contributed by atoms with Gasteiger partial charge in [-0.3, -0.25) is 14.5 Å². The first-order valence-corrected chi connectivity index (χ1v) is 8.86. The summed E-state index contributed by atoms with van der Waals surface area (Å²) in [5.41, 5.74) is 3.03. The van der Waals surface area contributed by atoms with Crippen LogP contribution in [0.3, 0.4) is 0 Å². The molecular formula is C19H29N3O3. The minimum absolute atomic E-state index is 0.00219. The van der Waals surface area contributed by atoms with E-state index in [1.165, 1.54) is 0 Å². The second-order valence-electron chi connectivity index (χ2n) is 6.66. The van der Waals surface area contributed by atoms with E-state index in [0.717, 1.165) is 29.7 Å². The summed E-state index contributed by atoms with van der Waals surface area (Å²) in [6.45, 7) is 5.95. The van der Waals surface area contributed by atoms with Gasteiger partial charge in [0.2, 0.25) is 11.8 Å². The Labute approximate surface area is 149 Å². The van der Waals surface area contributed by atoms with Crippen LogP contribution in [0.4, 0.5) is 5.69 Å². The van der Waals surface area contributed by atoms with Crippen LogP contribution in [0, 0.1) is 13.8 Å². The molecule has 0 unspecified atom stereocenters.